The van der Waals surface area contributed by atoms with Gasteiger partial charge in [-0.1, -0.05) is 36.4 Å². The van der Waals surface area contributed by atoms with Crippen LogP contribution < -0.4 is 29.0 Å². The van der Waals surface area contributed by atoms with Crippen LogP contribution in [0.3, 0.4) is 0 Å². The molecule has 0 spiro atoms. The molecule has 1 N–H and O–H groups in total. The molecule has 2 saturated heterocycles. The minimum Gasteiger partial charge on any atom is -0.488 e. The molecule has 2 aromatic carbocycles. The van der Waals surface area contributed by atoms with E-state index in [-0.39, 0.29) is 47.6 Å². The zero-order valence-electron chi connectivity index (χ0n) is 30.7. The molecule has 1 aromatic heterocycles. The highest BCUT2D eigenvalue weighted by Gasteiger charge is 2.33. The third-order valence-electron chi connectivity index (χ3n) is 9.07. The van der Waals surface area contributed by atoms with Gasteiger partial charge in [-0.15, -0.1) is 0 Å². The lowest BCUT2D eigenvalue weighted by molar-refractivity contribution is -0.146. The maximum Gasteiger partial charge on any atom is 0.387 e. The first-order valence-corrected chi connectivity index (χ1v) is 18.2. The van der Waals surface area contributed by atoms with E-state index in [9.17, 15) is 22.4 Å². The number of hydrogen-bond donors (Lipinski definition) is 1. The molecule has 16 heteroatoms. The second-order valence-corrected chi connectivity index (χ2v) is 13.3. The van der Waals surface area contributed by atoms with Crippen LogP contribution in [-0.4, -0.2) is 80.1 Å². The van der Waals surface area contributed by atoms with Gasteiger partial charge in [0.25, 0.3) is 0 Å². The number of aromatic nitrogens is 1. The number of nitrogens with one attached hydrogen (secondary N) is 1. The van der Waals surface area contributed by atoms with Crippen LogP contribution in [0.1, 0.15) is 48.8 Å². The highest BCUT2D eigenvalue weighted by Crippen LogP contribution is 2.39. The Labute approximate surface area is 322 Å². The average molecular weight is 793 g/mol. The fourth-order valence-electron chi connectivity index (χ4n) is 6.53. The smallest absolute Gasteiger partial charge is 0.387 e. The molecule has 1 unspecified atom stereocenters. The largest absolute Gasteiger partial charge is 0.488 e. The lowest BCUT2D eigenvalue weighted by Gasteiger charge is -2.26. The van der Waals surface area contributed by atoms with Gasteiger partial charge in [0.15, 0.2) is 5.75 Å². The van der Waals surface area contributed by atoms with Gasteiger partial charge in [0, 0.05) is 61.6 Å². The molecule has 2 atom stereocenters. The number of alkyl halides is 4. The Bertz CT molecular complexity index is 1780. The molecule has 5 rings (SSSR count). The van der Waals surface area contributed by atoms with E-state index in [0.717, 1.165) is 37.9 Å². The van der Waals surface area contributed by atoms with Crippen LogP contribution >= 0.6 is 11.6 Å². The van der Waals surface area contributed by atoms with E-state index in [1.54, 1.807) is 43.5 Å². The summed E-state index contributed by atoms with van der Waals surface area (Å²) in [5.74, 6) is 0.183. The van der Waals surface area contributed by atoms with Crippen molar-refractivity contribution in [2.75, 3.05) is 39.1 Å². The lowest BCUT2D eigenvalue weighted by atomic mass is 10.1. The highest BCUT2D eigenvalue weighted by molar-refractivity contribution is 6.32. The molecular weight excluding hydrogens is 748 g/mol. The fourth-order valence-corrected chi connectivity index (χ4v) is 6.76. The number of allylic oxidation sites excluding steroid dienone is 2. The van der Waals surface area contributed by atoms with E-state index >= 15 is 0 Å². The van der Waals surface area contributed by atoms with Crippen LogP contribution in [0.15, 0.2) is 67.5 Å². The molecule has 11 nitrogen and oxygen atoms in total. The molecule has 0 amide bonds. The average Bonchev–Trinajstić information content (AvgIpc) is 3.85. The number of methoxy groups -OCH3 is 1. The van der Waals surface area contributed by atoms with E-state index in [2.05, 4.69) is 26.5 Å². The van der Waals surface area contributed by atoms with E-state index in [1.165, 1.54) is 31.6 Å². The van der Waals surface area contributed by atoms with Crippen molar-refractivity contribution in [3.63, 3.8) is 0 Å². The number of rotatable bonds is 20. The van der Waals surface area contributed by atoms with Crippen LogP contribution in [0.4, 0.5) is 23.2 Å². The second-order valence-electron chi connectivity index (χ2n) is 12.9. The Kier molecular flexibility index (Phi) is 15.3. The summed E-state index contributed by atoms with van der Waals surface area (Å²) < 4.78 is 86.5. The van der Waals surface area contributed by atoms with Gasteiger partial charge in [-0.25, -0.2) is 0 Å². The molecule has 55 heavy (non-hydrogen) atoms. The Morgan fingerprint density at radius 3 is 2.36 bits per heavy atom. The Morgan fingerprint density at radius 1 is 0.927 bits per heavy atom. The topological polar surface area (TPSA) is 104 Å². The molecule has 0 aliphatic carbocycles. The van der Waals surface area contributed by atoms with E-state index in [1.807, 2.05) is 4.90 Å². The normalized spacial score (nSPS) is 16.8. The number of pyridine rings is 1. The lowest BCUT2D eigenvalue weighted by Crippen LogP contribution is -2.36. The van der Waals surface area contributed by atoms with Crippen LogP contribution in [0.2, 0.25) is 5.02 Å². The zero-order chi connectivity index (χ0) is 39.3. The molecule has 3 aromatic rings. The van der Waals surface area contributed by atoms with Crippen LogP contribution in [0.5, 0.6) is 28.7 Å². The van der Waals surface area contributed by atoms with Crippen molar-refractivity contribution < 1.29 is 50.8 Å². The predicted molar refractivity (Wildman–Crippen MR) is 198 cm³/mol. The second kappa shape index (κ2) is 20.3. The van der Waals surface area contributed by atoms with Gasteiger partial charge in [0.2, 0.25) is 6.29 Å². The number of likely N-dealkylation sites (tertiary alicyclic amines) is 2. The third-order valence-corrected chi connectivity index (χ3v) is 9.37. The number of esters is 1. The SMILES string of the molecule is C=C/C=C\CC(Oc1cc(OCc2cncc(OC(F)F)c2)c(CN2CCCC2)cc1Cl)Oc1cc(OC(F)F)c(CN2CCC[C@H]2C(=O)OC)cc1NC. The molecule has 298 valence electrons. The van der Waals surface area contributed by atoms with Crippen LogP contribution in [0.25, 0.3) is 0 Å². The predicted octanol–water partition coefficient (Wildman–Crippen LogP) is 8.21. The highest BCUT2D eigenvalue weighted by atomic mass is 35.5. The first-order chi connectivity index (χ1) is 26.6. The molecular formula is C39H45ClF4N4O7. The number of ether oxygens (including phenoxy) is 6. The number of carbonyl (C=O) groups is 1. The monoisotopic (exact) mass is 792 g/mol. The summed E-state index contributed by atoms with van der Waals surface area (Å²) in [5.41, 5.74) is 2.14. The van der Waals surface area contributed by atoms with Crippen LogP contribution in [0, 0.1) is 0 Å². The van der Waals surface area contributed by atoms with Crippen molar-refractivity contribution in [1.82, 2.24) is 14.8 Å². The van der Waals surface area contributed by atoms with E-state index in [0.29, 0.717) is 42.1 Å². The molecule has 2 aliphatic rings. The summed E-state index contributed by atoms with van der Waals surface area (Å²) in [7, 11) is 2.97. The summed E-state index contributed by atoms with van der Waals surface area (Å²) in [4.78, 5) is 20.5. The van der Waals surface area contributed by atoms with Gasteiger partial charge >= 0.3 is 19.2 Å². The number of hydrogen-bond acceptors (Lipinski definition) is 11. The molecule has 2 fully saturated rings. The van der Waals surface area contributed by atoms with Gasteiger partial charge in [-0.2, -0.15) is 17.6 Å². The first-order valence-electron chi connectivity index (χ1n) is 17.8. The summed E-state index contributed by atoms with van der Waals surface area (Å²) in [6.07, 6.45) is 10.3. The molecule has 0 saturated carbocycles. The van der Waals surface area contributed by atoms with Crippen molar-refractivity contribution >= 4 is 23.3 Å². The van der Waals surface area contributed by atoms with Gasteiger partial charge in [0.1, 0.15) is 35.6 Å². The molecule has 3 heterocycles. The number of benzene rings is 2. The molecule has 0 radical (unpaired) electrons. The van der Waals surface area contributed by atoms with Crippen molar-refractivity contribution in [3.8, 4) is 28.7 Å². The maximum absolute atomic E-state index is 13.7. The Hall–Kier alpha value is -4.73. The Morgan fingerprint density at radius 2 is 1.65 bits per heavy atom. The van der Waals surface area contributed by atoms with E-state index in [4.69, 9.17) is 35.3 Å². The molecule has 2 aliphatic heterocycles. The van der Waals surface area contributed by atoms with E-state index < -0.39 is 31.5 Å². The van der Waals surface area contributed by atoms with Crippen molar-refractivity contribution in [2.24, 2.45) is 0 Å². The number of nitrogens with zero attached hydrogens (tertiary/aromatic N) is 3. The summed E-state index contributed by atoms with van der Waals surface area (Å²) in [6, 6.07) is 7.29. The zero-order valence-corrected chi connectivity index (χ0v) is 31.4. The minimum atomic E-state index is -3.13. The third kappa shape index (κ3) is 11.9. The Balaban J connectivity index is 1.44. The van der Waals surface area contributed by atoms with Gasteiger partial charge in [0.05, 0.1) is 24.0 Å². The van der Waals surface area contributed by atoms with Crippen molar-refractivity contribution in [2.45, 2.75) is 77.4 Å². The van der Waals surface area contributed by atoms with Crippen LogP contribution in [-0.2, 0) is 29.2 Å². The maximum atomic E-state index is 13.7. The van der Waals surface area contributed by atoms with Crippen molar-refractivity contribution in [3.05, 3.63) is 89.2 Å². The quantitative estimate of drug-likeness (QED) is 0.0519. The minimum absolute atomic E-state index is 0.0217. The van der Waals surface area contributed by atoms with Gasteiger partial charge in [-0.3, -0.25) is 19.6 Å². The fraction of sp³-hybridized carbons (Fsp3) is 0.436. The molecule has 0 bridgehead atoms. The van der Waals surface area contributed by atoms with Gasteiger partial charge in [-0.05, 0) is 63.5 Å². The summed E-state index contributed by atoms with van der Waals surface area (Å²) in [5, 5.41) is 3.33. The summed E-state index contributed by atoms with van der Waals surface area (Å²) in [6.45, 7) is 0.660. The standard InChI is InChI=1S/C39H45ClF4N4O7/c1-4-5-6-11-36(54-35-19-33(55-39(43)44)27(17-30(35)45-2)23-48-14-9-10-31(48)37(49)50-3)53-34-18-32(26(16-29(34)40)22-47-12-7-8-13-47)51-24-25-15-28(21-46-20-25)52-38(41)42/h4-6,15-21,31,36,38-39,45H,1,7-14,22-24H2,2-3H3/b6-5-/t31-,36?/m0/s1. The first kappa shape index (κ1) is 41.4. The van der Waals surface area contributed by atoms with Crippen molar-refractivity contribution in [1.29, 1.82) is 0 Å². The number of anilines is 1. The summed E-state index contributed by atoms with van der Waals surface area (Å²) >= 11 is 6.83. The van der Waals surface area contributed by atoms with Gasteiger partial charge < -0.3 is 33.7 Å². The number of halogens is 5. The number of carbonyl (C=O) groups excluding carboxylic acids is 1.